The van der Waals surface area contributed by atoms with Crippen molar-refractivity contribution < 1.29 is 0 Å². The Morgan fingerprint density at radius 2 is 2.25 bits per heavy atom. The molecule has 2 aromatic rings. The molecule has 1 unspecified atom stereocenters. The van der Waals surface area contributed by atoms with Crippen LogP contribution in [0.25, 0.3) is 0 Å². The van der Waals surface area contributed by atoms with Crippen molar-refractivity contribution >= 4 is 11.3 Å². The number of hydrogen-bond donors (Lipinski definition) is 1. The van der Waals surface area contributed by atoms with Gasteiger partial charge in [-0.15, -0.1) is 21.5 Å². The van der Waals surface area contributed by atoms with Crippen molar-refractivity contribution in [2.24, 2.45) is 0 Å². The van der Waals surface area contributed by atoms with Gasteiger partial charge in [0.25, 0.3) is 0 Å². The number of nitrogens with one attached hydrogen (secondary N) is 1. The first kappa shape index (κ1) is 13.8. The second-order valence-electron chi connectivity index (χ2n) is 5.44. The van der Waals surface area contributed by atoms with Gasteiger partial charge in [-0.1, -0.05) is 0 Å². The van der Waals surface area contributed by atoms with E-state index in [2.05, 4.69) is 40.0 Å². The average molecular weight is 290 g/mol. The summed E-state index contributed by atoms with van der Waals surface area (Å²) < 4.78 is 2.08. The molecule has 1 N–H and O–H groups in total. The topological polar surface area (TPSA) is 42.7 Å². The van der Waals surface area contributed by atoms with E-state index in [0.717, 1.165) is 18.9 Å². The van der Waals surface area contributed by atoms with Gasteiger partial charge in [-0.3, -0.25) is 0 Å². The molecular weight excluding hydrogens is 268 g/mol. The van der Waals surface area contributed by atoms with E-state index in [0.29, 0.717) is 6.04 Å². The molecule has 0 aromatic carbocycles. The Hall–Kier alpha value is -1.20. The van der Waals surface area contributed by atoms with Gasteiger partial charge in [-0.05, 0) is 51.2 Å². The van der Waals surface area contributed by atoms with Crippen LogP contribution in [0.2, 0.25) is 0 Å². The fourth-order valence-electron chi connectivity index (χ4n) is 2.75. The Bertz CT molecular complexity index is 549. The number of aromatic nitrogens is 3. The van der Waals surface area contributed by atoms with Crippen LogP contribution in [0.4, 0.5) is 0 Å². The zero-order valence-electron chi connectivity index (χ0n) is 12.2. The molecule has 1 atom stereocenters. The Morgan fingerprint density at radius 3 is 3.05 bits per heavy atom. The molecule has 2 aromatic heterocycles. The zero-order chi connectivity index (χ0) is 13.9. The van der Waals surface area contributed by atoms with Gasteiger partial charge >= 0.3 is 0 Å². The summed E-state index contributed by atoms with van der Waals surface area (Å²) in [7, 11) is 0. The Labute approximate surface area is 124 Å². The third-order valence-electron chi connectivity index (χ3n) is 4.05. The van der Waals surface area contributed by atoms with E-state index in [1.54, 1.807) is 16.8 Å². The molecule has 5 heteroatoms. The standard InChI is InChI=1S/C15H22N4S/c1-3-19-10-17-18-15(19)9-16-11(2)14-8-12-6-4-5-7-13(12)20-14/h8,10-11,16H,3-7,9H2,1-2H3. The molecule has 0 aliphatic heterocycles. The minimum atomic E-state index is 0.382. The van der Waals surface area contributed by atoms with Crippen molar-refractivity contribution in [3.05, 3.63) is 33.5 Å². The molecule has 0 radical (unpaired) electrons. The molecule has 0 amide bonds. The van der Waals surface area contributed by atoms with Gasteiger partial charge in [-0.2, -0.15) is 0 Å². The lowest BCUT2D eigenvalue weighted by Crippen LogP contribution is -2.19. The van der Waals surface area contributed by atoms with Crippen molar-refractivity contribution in [2.75, 3.05) is 0 Å². The smallest absolute Gasteiger partial charge is 0.146 e. The van der Waals surface area contributed by atoms with Gasteiger partial charge in [0.05, 0.1) is 6.54 Å². The van der Waals surface area contributed by atoms with Crippen LogP contribution in [0, 0.1) is 0 Å². The molecule has 0 saturated carbocycles. The number of rotatable bonds is 5. The van der Waals surface area contributed by atoms with Crippen LogP contribution in [0.5, 0.6) is 0 Å². The molecule has 0 fully saturated rings. The van der Waals surface area contributed by atoms with E-state index < -0.39 is 0 Å². The normalized spacial score (nSPS) is 16.1. The van der Waals surface area contributed by atoms with Crippen LogP contribution in [-0.2, 0) is 25.9 Å². The van der Waals surface area contributed by atoms with Crippen LogP contribution >= 0.6 is 11.3 Å². The predicted molar refractivity (Wildman–Crippen MR) is 81.9 cm³/mol. The summed E-state index contributed by atoms with van der Waals surface area (Å²) in [6.45, 7) is 6.05. The first-order chi connectivity index (χ1) is 9.78. The predicted octanol–water partition coefficient (Wildman–Crippen LogP) is 3.09. The molecule has 20 heavy (non-hydrogen) atoms. The van der Waals surface area contributed by atoms with E-state index in [4.69, 9.17) is 0 Å². The highest BCUT2D eigenvalue weighted by Gasteiger charge is 2.16. The van der Waals surface area contributed by atoms with Gasteiger partial charge in [0, 0.05) is 22.3 Å². The maximum Gasteiger partial charge on any atom is 0.146 e. The summed E-state index contributed by atoms with van der Waals surface area (Å²) in [6.07, 6.45) is 7.05. The molecule has 4 nitrogen and oxygen atoms in total. The highest BCUT2D eigenvalue weighted by molar-refractivity contribution is 7.12. The maximum absolute atomic E-state index is 4.17. The second kappa shape index (κ2) is 6.06. The van der Waals surface area contributed by atoms with E-state index in [9.17, 15) is 0 Å². The lowest BCUT2D eigenvalue weighted by molar-refractivity contribution is 0.545. The van der Waals surface area contributed by atoms with Gasteiger partial charge in [0.2, 0.25) is 0 Å². The molecule has 2 heterocycles. The summed E-state index contributed by atoms with van der Waals surface area (Å²) in [4.78, 5) is 3.07. The first-order valence-corrected chi connectivity index (χ1v) is 8.31. The van der Waals surface area contributed by atoms with Crippen molar-refractivity contribution in [1.29, 1.82) is 0 Å². The molecule has 0 saturated heterocycles. The van der Waals surface area contributed by atoms with E-state index in [1.807, 2.05) is 11.3 Å². The van der Waals surface area contributed by atoms with Crippen LogP contribution in [0.3, 0.4) is 0 Å². The first-order valence-electron chi connectivity index (χ1n) is 7.49. The monoisotopic (exact) mass is 290 g/mol. The lowest BCUT2D eigenvalue weighted by Gasteiger charge is -2.12. The highest BCUT2D eigenvalue weighted by Crippen LogP contribution is 2.32. The highest BCUT2D eigenvalue weighted by atomic mass is 32.1. The van der Waals surface area contributed by atoms with Crippen LogP contribution in [0.1, 0.15) is 53.9 Å². The Morgan fingerprint density at radius 1 is 1.40 bits per heavy atom. The number of nitrogens with zero attached hydrogens (tertiary/aromatic N) is 3. The summed E-state index contributed by atoms with van der Waals surface area (Å²) in [5, 5.41) is 11.7. The Kier molecular flexibility index (Phi) is 4.17. The fraction of sp³-hybridized carbons (Fsp3) is 0.600. The van der Waals surface area contributed by atoms with Crippen molar-refractivity contribution in [3.63, 3.8) is 0 Å². The second-order valence-corrected chi connectivity index (χ2v) is 6.61. The van der Waals surface area contributed by atoms with E-state index >= 15 is 0 Å². The lowest BCUT2D eigenvalue weighted by atomic mass is 9.99. The minimum Gasteiger partial charge on any atom is -0.317 e. The van der Waals surface area contributed by atoms with Crippen molar-refractivity contribution in [1.82, 2.24) is 20.1 Å². The van der Waals surface area contributed by atoms with Crippen molar-refractivity contribution in [3.8, 4) is 0 Å². The van der Waals surface area contributed by atoms with Crippen molar-refractivity contribution in [2.45, 2.75) is 58.7 Å². The molecule has 0 bridgehead atoms. The number of hydrogen-bond acceptors (Lipinski definition) is 4. The third kappa shape index (κ3) is 2.79. The summed E-state index contributed by atoms with van der Waals surface area (Å²) in [5.41, 5.74) is 1.58. The largest absolute Gasteiger partial charge is 0.317 e. The average Bonchev–Trinajstić information content (AvgIpc) is 3.10. The van der Waals surface area contributed by atoms with Gasteiger partial charge in [-0.25, -0.2) is 0 Å². The summed E-state index contributed by atoms with van der Waals surface area (Å²) >= 11 is 1.99. The van der Waals surface area contributed by atoms with Gasteiger partial charge in [0.1, 0.15) is 12.2 Å². The maximum atomic E-state index is 4.17. The Balaban J connectivity index is 1.64. The SMILES string of the molecule is CCn1cnnc1CNC(C)c1cc2c(s1)CCCC2. The van der Waals surface area contributed by atoms with Gasteiger partial charge < -0.3 is 9.88 Å². The zero-order valence-corrected chi connectivity index (χ0v) is 13.0. The van der Waals surface area contributed by atoms with Gasteiger partial charge in [0.15, 0.2) is 0 Å². The van der Waals surface area contributed by atoms with Crippen LogP contribution in [0.15, 0.2) is 12.4 Å². The summed E-state index contributed by atoms with van der Waals surface area (Å²) in [6, 6.07) is 2.79. The number of aryl methyl sites for hydroxylation is 3. The number of thiophene rings is 1. The molecule has 0 spiro atoms. The molecule has 1 aliphatic rings. The quantitative estimate of drug-likeness (QED) is 0.920. The molecule has 108 valence electrons. The van der Waals surface area contributed by atoms with E-state index in [-0.39, 0.29) is 0 Å². The minimum absolute atomic E-state index is 0.382. The third-order valence-corrected chi connectivity index (χ3v) is 5.47. The van der Waals surface area contributed by atoms with Crippen LogP contribution in [-0.4, -0.2) is 14.8 Å². The fourth-order valence-corrected chi connectivity index (χ4v) is 4.04. The molecule has 3 rings (SSSR count). The van der Waals surface area contributed by atoms with Crippen LogP contribution < -0.4 is 5.32 Å². The summed E-state index contributed by atoms with van der Waals surface area (Å²) in [5.74, 6) is 1.01. The van der Waals surface area contributed by atoms with E-state index in [1.165, 1.54) is 30.6 Å². The molecule has 1 aliphatic carbocycles. The molecular formula is C15H22N4S. The number of fused-ring (bicyclic) bond motifs is 1.